The van der Waals surface area contributed by atoms with Gasteiger partial charge in [-0.3, -0.25) is 5.43 Å². The summed E-state index contributed by atoms with van der Waals surface area (Å²) >= 11 is 0. The number of rotatable bonds is 6. The van der Waals surface area contributed by atoms with Crippen LogP contribution in [0.4, 0.5) is 17.8 Å². The Morgan fingerprint density at radius 3 is 2.57 bits per heavy atom. The Bertz CT molecular complexity index is 468. The number of nitrogens with two attached hydrogens (primary N) is 1. The van der Waals surface area contributed by atoms with Crippen molar-refractivity contribution in [3.63, 3.8) is 0 Å². The predicted octanol–water partition coefficient (Wildman–Crippen LogP) is 1.38. The second-order valence-corrected chi connectivity index (χ2v) is 5.93. The fourth-order valence-corrected chi connectivity index (χ4v) is 2.76. The Morgan fingerprint density at radius 1 is 1.19 bits per heavy atom. The van der Waals surface area contributed by atoms with Crippen molar-refractivity contribution in [2.45, 2.75) is 39.0 Å². The molecule has 0 atom stereocenters. The van der Waals surface area contributed by atoms with Crippen LogP contribution < -0.4 is 21.1 Å². The fourth-order valence-electron chi connectivity index (χ4n) is 2.76. The monoisotopic (exact) mass is 291 g/mol. The molecule has 1 aliphatic carbocycles. The minimum Gasteiger partial charge on any atom is -0.341 e. The zero-order chi connectivity index (χ0) is 14.7. The molecule has 3 N–H and O–H groups in total. The Kier molecular flexibility index (Phi) is 4.38. The Hall–Kier alpha value is -1.63. The van der Waals surface area contributed by atoms with Crippen molar-refractivity contribution in [3.8, 4) is 0 Å². The highest BCUT2D eigenvalue weighted by Crippen LogP contribution is 2.31. The van der Waals surface area contributed by atoms with Crippen LogP contribution in [0, 0.1) is 5.92 Å². The van der Waals surface area contributed by atoms with Crippen LogP contribution in [0.5, 0.6) is 0 Å². The van der Waals surface area contributed by atoms with Gasteiger partial charge in [0.05, 0.1) is 0 Å². The van der Waals surface area contributed by atoms with Crippen LogP contribution in [0.3, 0.4) is 0 Å². The van der Waals surface area contributed by atoms with E-state index >= 15 is 0 Å². The molecule has 0 amide bonds. The number of piperidine rings is 1. The molecule has 0 radical (unpaired) electrons. The maximum atomic E-state index is 5.53. The van der Waals surface area contributed by atoms with Crippen LogP contribution in [0.15, 0.2) is 0 Å². The number of anilines is 3. The molecule has 3 rings (SSSR count). The van der Waals surface area contributed by atoms with Gasteiger partial charge in [0.25, 0.3) is 0 Å². The van der Waals surface area contributed by atoms with Gasteiger partial charge in [0.15, 0.2) is 0 Å². The molecular formula is C14H25N7. The van der Waals surface area contributed by atoms with Crippen LogP contribution in [-0.2, 0) is 0 Å². The van der Waals surface area contributed by atoms with E-state index in [2.05, 4.69) is 32.1 Å². The van der Waals surface area contributed by atoms with Crippen LogP contribution >= 0.6 is 0 Å². The maximum absolute atomic E-state index is 5.53. The number of nitrogens with one attached hydrogen (secondary N) is 1. The average molecular weight is 291 g/mol. The molecule has 1 aliphatic heterocycles. The molecule has 0 bridgehead atoms. The fraction of sp³-hybridized carbons (Fsp3) is 0.786. The minimum atomic E-state index is 0.454. The number of hydrazine groups is 1. The Labute approximate surface area is 125 Å². The van der Waals surface area contributed by atoms with E-state index in [0.717, 1.165) is 44.0 Å². The van der Waals surface area contributed by atoms with Gasteiger partial charge in [-0.25, -0.2) is 5.84 Å². The quantitative estimate of drug-likeness (QED) is 0.605. The van der Waals surface area contributed by atoms with E-state index in [-0.39, 0.29) is 0 Å². The van der Waals surface area contributed by atoms with Crippen molar-refractivity contribution in [1.82, 2.24) is 15.0 Å². The van der Waals surface area contributed by atoms with Gasteiger partial charge in [0, 0.05) is 26.2 Å². The lowest BCUT2D eigenvalue weighted by molar-refractivity contribution is 0.566. The first-order valence-electron chi connectivity index (χ1n) is 8.02. The van der Waals surface area contributed by atoms with Crippen molar-refractivity contribution in [2.75, 3.05) is 41.4 Å². The number of aromatic nitrogens is 3. The van der Waals surface area contributed by atoms with E-state index in [0.29, 0.717) is 5.95 Å². The van der Waals surface area contributed by atoms with Crippen molar-refractivity contribution >= 4 is 17.8 Å². The normalized spacial score (nSPS) is 18.7. The topological polar surface area (TPSA) is 83.2 Å². The summed E-state index contributed by atoms with van der Waals surface area (Å²) in [5.74, 6) is 8.28. The second-order valence-electron chi connectivity index (χ2n) is 5.93. The van der Waals surface area contributed by atoms with Crippen LogP contribution in [-0.4, -0.2) is 41.1 Å². The maximum Gasteiger partial charge on any atom is 0.243 e. The van der Waals surface area contributed by atoms with E-state index in [9.17, 15) is 0 Å². The molecule has 7 heteroatoms. The van der Waals surface area contributed by atoms with Crippen molar-refractivity contribution < 1.29 is 0 Å². The van der Waals surface area contributed by atoms with E-state index in [1.807, 2.05) is 0 Å². The molecule has 2 aliphatic rings. The van der Waals surface area contributed by atoms with Gasteiger partial charge in [-0.2, -0.15) is 15.0 Å². The van der Waals surface area contributed by atoms with E-state index < -0.39 is 0 Å². The van der Waals surface area contributed by atoms with Gasteiger partial charge in [0.2, 0.25) is 17.8 Å². The molecule has 1 saturated heterocycles. The molecule has 1 aromatic heterocycles. The highest BCUT2D eigenvalue weighted by molar-refractivity contribution is 5.45. The smallest absolute Gasteiger partial charge is 0.243 e. The van der Waals surface area contributed by atoms with E-state index in [1.54, 1.807) is 0 Å². The van der Waals surface area contributed by atoms with Gasteiger partial charge in [-0.15, -0.1) is 0 Å². The molecule has 7 nitrogen and oxygen atoms in total. The Morgan fingerprint density at radius 2 is 1.95 bits per heavy atom. The third-order valence-electron chi connectivity index (χ3n) is 4.22. The van der Waals surface area contributed by atoms with Crippen LogP contribution in [0.2, 0.25) is 0 Å². The second kappa shape index (κ2) is 6.43. The molecule has 0 spiro atoms. The van der Waals surface area contributed by atoms with Crippen LogP contribution in [0.1, 0.15) is 39.0 Å². The predicted molar refractivity (Wildman–Crippen MR) is 84.3 cm³/mol. The molecule has 21 heavy (non-hydrogen) atoms. The number of hydrogen-bond acceptors (Lipinski definition) is 7. The summed E-state index contributed by atoms with van der Waals surface area (Å²) in [6, 6.07) is 0. The molecule has 1 saturated carbocycles. The summed E-state index contributed by atoms with van der Waals surface area (Å²) in [5, 5.41) is 0. The van der Waals surface area contributed by atoms with Gasteiger partial charge in [-0.05, 0) is 44.9 Å². The van der Waals surface area contributed by atoms with Crippen molar-refractivity contribution in [3.05, 3.63) is 0 Å². The molecule has 116 valence electrons. The van der Waals surface area contributed by atoms with Gasteiger partial charge in [-0.1, -0.05) is 0 Å². The van der Waals surface area contributed by atoms with E-state index in [1.165, 1.54) is 32.1 Å². The highest BCUT2D eigenvalue weighted by Gasteiger charge is 2.26. The molecule has 2 fully saturated rings. The number of nitrogens with zero attached hydrogens (tertiary/aromatic N) is 5. The molecule has 2 heterocycles. The first-order chi connectivity index (χ1) is 10.3. The van der Waals surface area contributed by atoms with Crippen molar-refractivity contribution in [2.24, 2.45) is 11.8 Å². The summed E-state index contributed by atoms with van der Waals surface area (Å²) in [6.07, 6.45) is 6.34. The number of nitrogen functional groups attached to an aromatic ring is 1. The van der Waals surface area contributed by atoms with Gasteiger partial charge in [0.1, 0.15) is 0 Å². The molecular weight excluding hydrogens is 266 g/mol. The highest BCUT2D eigenvalue weighted by atomic mass is 15.4. The summed E-state index contributed by atoms with van der Waals surface area (Å²) in [4.78, 5) is 18.0. The molecule has 1 aromatic rings. The standard InChI is InChI=1S/C14H25N7/c1-2-20(10-11-6-7-11)13-16-12(19-15)17-14(18-13)21-8-4-3-5-9-21/h11H,2-10,15H2,1H3,(H,16,17,18,19). The Balaban J connectivity index is 1.83. The first kappa shape index (κ1) is 14.3. The number of hydrogen-bond donors (Lipinski definition) is 2. The first-order valence-corrected chi connectivity index (χ1v) is 8.02. The average Bonchev–Trinajstić information content (AvgIpc) is 3.37. The van der Waals surface area contributed by atoms with Gasteiger partial charge >= 0.3 is 0 Å². The minimum absolute atomic E-state index is 0.454. The summed E-state index contributed by atoms with van der Waals surface area (Å²) in [7, 11) is 0. The summed E-state index contributed by atoms with van der Waals surface area (Å²) < 4.78 is 0. The third kappa shape index (κ3) is 3.53. The molecule has 0 unspecified atom stereocenters. The third-order valence-corrected chi connectivity index (χ3v) is 4.22. The zero-order valence-corrected chi connectivity index (χ0v) is 12.8. The lowest BCUT2D eigenvalue weighted by atomic mass is 10.1. The largest absolute Gasteiger partial charge is 0.341 e. The van der Waals surface area contributed by atoms with Crippen LogP contribution in [0.25, 0.3) is 0 Å². The summed E-state index contributed by atoms with van der Waals surface area (Å²) in [5.41, 5.74) is 2.58. The lowest BCUT2D eigenvalue weighted by Gasteiger charge is -2.28. The van der Waals surface area contributed by atoms with Crippen molar-refractivity contribution in [1.29, 1.82) is 0 Å². The SMILES string of the molecule is CCN(CC1CC1)c1nc(NN)nc(N2CCCCC2)n1. The molecule has 0 aromatic carbocycles. The summed E-state index contributed by atoms with van der Waals surface area (Å²) in [6.45, 7) is 6.11. The van der Waals surface area contributed by atoms with E-state index in [4.69, 9.17) is 10.8 Å². The lowest BCUT2D eigenvalue weighted by Crippen LogP contribution is -2.33. The zero-order valence-electron chi connectivity index (χ0n) is 12.8. The van der Waals surface area contributed by atoms with Gasteiger partial charge < -0.3 is 9.80 Å².